The number of benzene rings is 1. The summed E-state index contributed by atoms with van der Waals surface area (Å²) >= 11 is 0. The average molecular weight is 855 g/mol. The van der Waals surface area contributed by atoms with Gasteiger partial charge in [0.25, 0.3) is 0 Å². The summed E-state index contributed by atoms with van der Waals surface area (Å²) < 4.78 is 0. The summed E-state index contributed by atoms with van der Waals surface area (Å²) in [7, 11) is 1.57. The van der Waals surface area contributed by atoms with Gasteiger partial charge in [-0.15, -0.1) is 0 Å². The predicted molar refractivity (Wildman–Crippen MR) is 224 cm³/mol. The minimum absolute atomic E-state index is 0.0284. The second-order valence-electron chi connectivity index (χ2n) is 15.5. The predicted octanol–water partition coefficient (Wildman–Crippen LogP) is -1.62. The van der Waals surface area contributed by atoms with Crippen molar-refractivity contribution in [2.24, 2.45) is 28.3 Å². The molecule has 6 amide bonds. The minimum atomic E-state index is -1.33. The zero-order valence-electron chi connectivity index (χ0n) is 35.4. The number of carbonyl (C=O) groups is 7. The van der Waals surface area contributed by atoms with E-state index in [9.17, 15) is 43.8 Å². The van der Waals surface area contributed by atoms with E-state index in [0.29, 0.717) is 30.5 Å². The van der Waals surface area contributed by atoms with Crippen molar-refractivity contribution in [1.82, 2.24) is 46.8 Å². The Morgan fingerprint density at radius 2 is 1.57 bits per heavy atom. The number of amides is 6. The highest BCUT2D eigenvalue weighted by Crippen LogP contribution is 2.21. The van der Waals surface area contributed by atoms with Crippen molar-refractivity contribution in [3.63, 3.8) is 0 Å². The number of hydrogen-bond acceptors (Lipinski definition) is 11. The fraction of sp³-hybridized carbons (Fsp3) is 0.575. The number of H-pyrrole nitrogens is 1. The highest BCUT2D eigenvalue weighted by Gasteiger charge is 2.40. The van der Waals surface area contributed by atoms with Gasteiger partial charge in [0, 0.05) is 37.8 Å². The second-order valence-corrected chi connectivity index (χ2v) is 15.5. The number of phenols is 1. The number of aliphatic imine (C=N–C) groups is 1. The summed E-state index contributed by atoms with van der Waals surface area (Å²) in [6.45, 7) is 7.18. The summed E-state index contributed by atoms with van der Waals surface area (Å²) in [6, 6.07) is -1.07. The van der Waals surface area contributed by atoms with Gasteiger partial charge in [-0.2, -0.15) is 0 Å². The Hall–Kier alpha value is -6.25. The maximum atomic E-state index is 14.4. The van der Waals surface area contributed by atoms with E-state index < -0.39 is 83.6 Å². The van der Waals surface area contributed by atoms with E-state index in [4.69, 9.17) is 11.5 Å². The number of aromatic hydroxyl groups is 1. The molecule has 2 aromatic rings. The van der Waals surface area contributed by atoms with Crippen molar-refractivity contribution >= 4 is 47.4 Å². The molecular formula is C40H62N12O9. The monoisotopic (exact) mass is 854 g/mol. The fourth-order valence-electron chi connectivity index (χ4n) is 6.83. The molecule has 0 radical (unpaired) electrons. The zero-order chi connectivity index (χ0) is 45.2. The Morgan fingerprint density at radius 3 is 2.16 bits per heavy atom. The topological polar surface area (TPSA) is 328 Å². The van der Waals surface area contributed by atoms with E-state index in [-0.39, 0.29) is 62.9 Å². The maximum Gasteiger partial charge on any atom is 0.326 e. The van der Waals surface area contributed by atoms with Crippen molar-refractivity contribution in [2.45, 2.75) is 109 Å². The van der Waals surface area contributed by atoms with E-state index in [1.807, 2.05) is 6.92 Å². The molecular weight excluding hydrogens is 793 g/mol. The number of likely N-dealkylation sites (tertiary alicyclic amines) is 1. The zero-order valence-corrected chi connectivity index (χ0v) is 35.4. The highest BCUT2D eigenvalue weighted by atomic mass is 16.4. The molecule has 1 aliphatic heterocycles. The van der Waals surface area contributed by atoms with Gasteiger partial charge < -0.3 is 63.5 Å². The lowest BCUT2D eigenvalue weighted by Crippen LogP contribution is -2.61. The third-order valence-electron chi connectivity index (χ3n) is 10.4. The summed E-state index contributed by atoms with van der Waals surface area (Å²) in [4.78, 5) is 107. The Balaban J connectivity index is 1.91. The van der Waals surface area contributed by atoms with Gasteiger partial charge in [0.2, 0.25) is 35.4 Å². The van der Waals surface area contributed by atoms with Crippen molar-refractivity contribution in [3.8, 4) is 5.75 Å². The number of aromatic amines is 1. The van der Waals surface area contributed by atoms with E-state index in [2.05, 4.69) is 46.9 Å². The lowest BCUT2D eigenvalue weighted by molar-refractivity contribution is -0.146. The molecule has 0 unspecified atom stereocenters. The van der Waals surface area contributed by atoms with Crippen LogP contribution in [0.25, 0.3) is 0 Å². The number of nitrogens with two attached hydrogens (primary N) is 2. The van der Waals surface area contributed by atoms with E-state index in [1.54, 1.807) is 40.0 Å². The molecule has 0 saturated carbocycles. The maximum absolute atomic E-state index is 14.4. The van der Waals surface area contributed by atoms with Crippen molar-refractivity contribution in [2.75, 3.05) is 26.7 Å². The molecule has 21 nitrogen and oxygen atoms in total. The molecule has 13 N–H and O–H groups in total. The normalized spacial score (nSPS) is 16.6. The standard InChI is InChI=1S/C40H62N12O9/c1-6-23(4)33(39(60)61)51-36(57)30-10-8-16-52(30)38(59)29(18-25-19-44-21-46-25)49-35(56)28(17-24-11-13-26(53)14-12-24)48-37(58)32(22(2)3)50-34(55)27(47-31(54)20-43-5)9-7-15-45-40(41)42/h11-14,19,21-23,27-30,32-33,43,53H,6-10,15-18,20H2,1-5H3,(H,44,46)(H,47,54)(H,48,58)(H,49,56)(H,50,55)(H,51,57)(H,60,61)(H4,41,42,45)/t23-,27-,28-,29-,30-,32-,33-/m0/s1. The molecule has 2 heterocycles. The van der Waals surface area contributed by atoms with Crippen LogP contribution in [-0.2, 0) is 46.4 Å². The quantitative estimate of drug-likeness (QED) is 0.0322. The third-order valence-corrected chi connectivity index (χ3v) is 10.4. The third kappa shape index (κ3) is 15.4. The Morgan fingerprint density at radius 1 is 0.902 bits per heavy atom. The van der Waals surface area contributed by atoms with E-state index in [1.165, 1.54) is 29.6 Å². The minimum Gasteiger partial charge on any atom is -0.508 e. The summed E-state index contributed by atoms with van der Waals surface area (Å²) in [6.07, 6.45) is 4.38. The molecule has 21 heteroatoms. The lowest BCUT2D eigenvalue weighted by atomic mass is 9.98. The first-order valence-corrected chi connectivity index (χ1v) is 20.4. The van der Waals surface area contributed by atoms with Gasteiger partial charge in [0.15, 0.2) is 5.96 Å². The van der Waals surface area contributed by atoms with Crippen LogP contribution in [0.2, 0.25) is 0 Å². The Labute approximate surface area is 355 Å². The second kappa shape index (κ2) is 24.1. The Kier molecular flexibility index (Phi) is 19.4. The number of nitrogens with zero attached hydrogens (tertiary/aromatic N) is 3. The number of carboxylic acid groups (broad SMARTS) is 1. The molecule has 1 aromatic heterocycles. The molecule has 0 bridgehead atoms. The van der Waals surface area contributed by atoms with Gasteiger partial charge in [-0.1, -0.05) is 46.2 Å². The molecule has 0 spiro atoms. The van der Waals surface area contributed by atoms with Crippen LogP contribution < -0.4 is 43.4 Å². The van der Waals surface area contributed by atoms with Crippen LogP contribution in [0.3, 0.4) is 0 Å². The first-order valence-electron chi connectivity index (χ1n) is 20.4. The lowest BCUT2D eigenvalue weighted by Gasteiger charge is -2.31. The van der Waals surface area contributed by atoms with Crippen LogP contribution in [0, 0.1) is 11.8 Å². The van der Waals surface area contributed by atoms with Crippen LogP contribution in [0.1, 0.15) is 71.1 Å². The Bertz CT molecular complexity index is 1820. The van der Waals surface area contributed by atoms with Gasteiger partial charge in [-0.05, 0) is 62.3 Å². The van der Waals surface area contributed by atoms with Crippen LogP contribution in [-0.4, -0.2) is 135 Å². The number of rotatable bonds is 24. The first kappa shape index (κ1) is 49.1. The molecule has 3 rings (SSSR count). The van der Waals surface area contributed by atoms with Crippen LogP contribution in [0.4, 0.5) is 0 Å². The molecule has 1 aliphatic rings. The first-order chi connectivity index (χ1) is 28.9. The molecule has 61 heavy (non-hydrogen) atoms. The number of phenolic OH excluding ortho intramolecular Hbond substituents is 1. The SMILES string of the molecule is CC[C@H](C)[C@H](NC(=O)[C@@H]1CCCN1C(=O)[C@H](Cc1cnc[nH]1)NC(=O)[C@H](Cc1ccc(O)cc1)NC(=O)[C@@H](NC(=O)[C@H](CCCN=C(N)N)NC(=O)CNC)C(C)C)C(=O)O. The summed E-state index contributed by atoms with van der Waals surface area (Å²) in [5.41, 5.74) is 11.9. The molecule has 7 atom stereocenters. The highest BCUT2D eigenvalue weighted by molar-refractivity contribution is 5.97. The number of carboxylic acids is 1. The number of likely N-dealkylation sites (N-methyl/N-ethyl adjacent to an activating group) is 1. The van der Waals surface area contributed by atoms with Gasteiger partial charge in [0.1, 0.15) is 42.0 Å². The number of guanidine groups is 1. The number of carbonyl (C=O) groups excluding carboxylic acids is 6. The van der Waals surface area contributed by atoms with Gasteiger partial charge >= 0.3 is 5.97 Å². The molecule has 336 valence electrons. The number of aliphatic carboxylic acids is 1. The average Bonchev–Trinajstić information content (AvgIpc) is 3.92. The van der Waals surface area contributed by atoms with Crippen LogP contribution in [0.15, 0.2) is 41.8 Å². The number of hydrogen-bond donors (Lipinski definition) is 11. The van der Waals surface area contributed by atoms with Gasteiger partial charge in [-0.25, -0.2) is 9.78 Å². The van der Waals surface area contributed by atoms with Gasteiger partial charge in [0.05, 0.1) is 12.9 Å². The molecule has 1 saturated heterocycles. The summed E-state index contributed by atoms with van der Waals surface area (Å²) in [5, 5.41) is 35.9. The smallest absolute Gasteiger partial charge is 0.326 e. The van der Waals surface area contributed by atoms with Crippen molar-refractivity contribution < 1.29 is 43.8 Å². The van der Waals surface area contributed by atoms with Crippen molar-refractivity contribution in [1.29, 1.82) is 0 Å². The van der Waals surface area contributed by atoms with Crippen LogP contribution >= 0.6 is 0 Å². The van der Waals surface area contributed by atoms with Crippen LogP contribution in [0.5, 0.6) is 5.75 Å². The molecule has 1 aromatic carbocycles. The number of aromatic nitrogens is 2. The molecule has 0 aliphatic carbocycles. The number of nitrogens with one attached hydrogen (secondary N) is 7. The number of imidazole rings is 1. The molecule has 1 fully saturated rings. The van der Waals surface area contributed by atoms with Crippen molar-refractivity contribution in [3.05, 3.63) is 48.0 Å². The largest absolute Gasteiger partial charge is 0.508 e. The van der Waals surface area contributed by atoms with Gasteiger partial charge in [-0.3, -0.25) is 33.8 Å². The fourth-order valence-corrected chi connectivity index (χ4v) is 6.83. The van der Waals surface area contributed by atoms with E-state index in [0.717, 1.165) is 0 Å². The van der Waals surface area contributed by atoms with E-state index >= 15 is 0 Å². The summed E-state index contributed by atoms with van der Waals surface area (Å²) in [5.74, 6) is -6.09.